The molecular formula is C18H24ClN3O2. The van der Waals surface area contributed by atoms with E-state index in [0.29, 0.717) is 17.5 Å². The summed E-state index contributed by atoms with van der Waals surface area (Å²) in [5, 5.41) is 4.13. The largest absolute Gasteiger partial charge is 0.343 e. The molecule has 6 heteroatoms. The zero-order chi connectivity index (χ0) is 17.3. The van der Waals surface area contributed by atoms with E-state index in [1.54, 1.807) is 11.8 Å². The Kier molecular flexibility index (Phi) is 5.11. The molecule has 0 aromatic heterocycles. The number of hydrogen-bond acceptors (Lipinski definition) is 3. The van der Waals surface area contributed by atoms with E-state index < -0.39 is 0 Å². The molecule has 0 unspecified atom stereocenters. The first-order valence-corrected chi connectivity index (χ1v) is 8.92. The number of likely N-dealkylation sites (tertiary alicyclic amines) is 1. The molecule has 2 aliphatic rings. The lowest BCUT2D eigenvalue weighted by Gasteiger charge is -2.38. The molecule has 0 spiro atoms. The first kappa shape index (κ1) is 17.2. The van der Waals surface area contributed by atoms with Gasteiger partial charge in [0.25, 0.3) is 0 Å². The number of para-hydroxylation sites is 1. The minimum atomic E-state index is -0.169. The van der Waals surface area contributed by atoms with Crippen molar-refractivity contribution in [2.75, 3.05) is 24.5 Å². The number of nitrogens with one attached hydrogen (secondary N) is 1. The first-order valence-electron chi connectivity index (χ1n) is 8.55. The molecule has 5 nitrogen and oxygen atoms in total. The van der Waals surface area contributed by atoms with Crippen molar-refractivity contribution in [3.05, 3.63) is 29.3 Å². The molecule has 2 heterocycles. The second-order valence-corrected chi connectivity index (χ2v) is 7.19. The molecule has 1 aromatic carbocycles. The van der Waals surface area contributed by atoms with Crippen molar-refractivity contribution in [2.24, 2.45) is 5.92 Å². The lowest BCUT2D eigenvalue weighted by molar-refractivity contribution is -0.131. The highest BCUT2D eigenvalue weighted by molar-refractivity contribution is 6.33. The molecule has 130 valence electrons. The van der Waals surface area contributed by atoms with Crippen molar-refractivity contribution in [1.29, 1.82) is 0 Å². The summed E-state index contributed by atoms with van der Waals surface area (Å²) in [6.07, 6.45) is 1.67. The average molecular weight is 350 g/mol. The van der Waals surface area contributed by atoms with Crippen LogP contribution in [0.15, 0.2) is 24.3 Å². The summed E-state index contributed by atoms with van der Waals surface area (Å²) in [6, 6.07) is 7.56. The number of amides is 2. The zero-order valence-electron chi connectivity index (χ0n) is 14.2. The van der Waals surface area contributed by atoms with Crippen molar-refractivity contribution >= 4 is 29.1 Å². The van der Waals surface area contributed by atoms with Crippen LogP contribution in [0, 0.1) is 5.92 Å². The molecule has 0 aliphatic carbocycles. The van der Waals surface area contributed by atoms with Crippen molar-refractivity contribution in [2.45, 2.75) is 38.8 Å². The third kappa shape index (κ3) is 3.42. The first-order chi connectivity index (χ1) is 11.5. The predicted molar refractivity (Wildman–Crippen MR) is 95.2 cm³/mol. The van der Waals surface area contributed by atoms with Gasteiger partial charge in [-0.3, -0.25) is 9.59 Å². The van der Waals surface area contributed by atoms with Gasteiger partial charge < -0.3 is 15.1 Å². The van der Waals surface area contributed by atoms with E-state index in [2.05, 4.69) is 12.2 Å². The summed E-state index contributed by atoms with van der Waals surface area (Å²) in [6.45, 7) is 5.94. The van der Waals surface area contributed by atoms with Gasteiger partial charge in [-0.25, -0.2) is 0 Å². The molecule has 2 aliphatic heterocycles. The Balaban J connectivity index is 1.62. The van der Waals surface area contributed by atoms with E-state index in [-0.39, 0.29) is 23.9 Å². The van der Waals surface area contributed by atoms with Gasteiger partial charge in [0.15, 0.2) is 0 Å². The summed E-state index contributed by atoms with van der Waals surface area (Å²) < 4.78 is 0. The van der Waals surface area contributed by atoms with Crippen molar-refractivity contribution < 1.29 is 9.59 Å². The number of benzene rings is 1. The fourth-order valence-corrected chi connectivity index (χ4v) is 3.92. The van der Waals surface area contributed by atoms with Crippen LogP contribution in [0.4, 0.5) is 5.69 Å². The Morgan fingerprint density at radius 1 is 1.25 bits per heavy atom. The highest BCUT2D eigenvalue weighted by atomic mass is 35.5. The third-order valence-corrected chi connectivity index (χ3v) is 5.43. The second-order valence-electron chi connectivity index (χ2n) is 6.79. The van der Waals surface area contributed by atoms with Crippen LogP contribution >= 0.6 is 11.6 Å². The fourth-order valence-electron chi connectivity index (χ4n) is 3.68. The maximum absolute atomic E-state index is 12.8. The Morgan fingerprint density at radius 2 is 2.00 bits per heavy atom. The van der Waals surface area contributed by atoms with Gasteiger partial charge in [0.1, 0.15) is 0 Å². The van der Waals surface area contributed by atoms with E-state index >= 15 is 0 Å². The van der Waals surface area contributed by atoms with Crippen LogP contribution in [0.5, 0.6) is 0 Å². The van der Waals surface area contributed by atoms with Crippen LogP contribution in [0.3, 0.4) is 0 Å². The van der Waals surface area contributed by atoms with Crippen LogP contribution in [-0.2, 0) is 9.59 Å². The smallest absolute Gasteiger partial charge is 0.244 e. The van der Waals surface area contributed by atoms with Crippen LogP contribution < -0.4 is 10.2 Å². The number of piperidine rings is 1. The van der Waals surface area contributed by atoms with Gasteiger partial charge in [-0.2, -0.15) is 0 Å². The Hall–Kier alpha value is -1.59. The zero-order valence-corrected chi connectivity index (χ0v) is 14.9. The summed E-state index contributed by atoms with van der Waals surface area (Å²) in [5.41, 5.74) is 0.785. The molecule has 1 N–H and O–H groups in total. The van der Waals surface area contributed by atoms with Gasteiger partial charge in [-0.15, -0.1) is 0 Å². The van der Waals surface area contributed by atoms with Crippen LogP contribution in [-0.4, -0.2) is 48.4 Å². The average Bonchev–Trinajstić information content (AvgIpc) is 2.90. The van der Waals surface area contributed by atoms with Crippen molar-refractivity contribution in [3.63, 3.8) is 0 Å². The van der Waals surface area contributed by atoms with Crippen molar-refractivity contribution in [1.82, 2.24) is 10.2 Å². The Morgan fingerprint density at radius 3 is 2.67 bits per heavy atom. The number of carbonyl (C=O) groups excluding carboxylic acids is 2. The van der Waals surface area contributed by atoms with Crippen LogP contribution in [0.1, 0.15) is 26.7 Å². The van der Waals surface area contributed by atoms with E-state index in [4.69, 9.17) is 11.6 Å². The molecular weight excluding hydrogens is 326 g/mol. The molecule has 0 saturated carbocycles. The molecule has 0 bridgehead atoms. The molecule has 2 saturated heterocycles. The highest BCUT2D eigenvalue weighted by Gasteiger charge is 2.37. The highest BCUT2D eigenvalue weighted by Crippen LogP contribution is 2.29. The maximum Gasteiger partial charge on any atom is 0.244 e. The number of hydrogen-bond donors (Lipinski definition) is 1. The predicted octanol–water partition coefficient (Wildman–Crippen LogP) is 2.29. The van der Waals surface area contributed by atoms with E-state index in [1.807, 2.05) is 29.2 Å². The third-order valence-electron chi connectivity index (χ3n) is 5.11. The van der Waals surface area contributed by atoms with Crippen molar-refractivity contribution in [3.8, 4) is 0 Å². The van der Waals surface area contributed by atoms with Gasteiger partial charge in [-0.05, 0) is 30.9 Å². The number of halogens is 1. The monoisotopic (exact) mass is 349 g/mol. The molecule has 2 amide bonds. The quantitative estimate of drug-likeness (QED) is 0.911. The normalized spacial score (nSPS) is 27.6. The number of carbonyl (C=O) groups is 2. The fraction of sp³-hybridized carbons (Fsp3) is 0.556. The van der Waals surface area contributed by atoms with E-state index in [0.717, 1.165) is 31.6 Å². The SMILES string of the molecule is CC(=O)N1CC[C@H](N[C@@H]2CCN(c3ccccc3Cl)C2=O)[C@@H](C)C1. The minimum Gasteiger partial charge on any atom is -0.343 e. The lowest BCUT2D eigenvalue weighted by Crippen LogP contribution is -2.53. The molecule has 1 aromatic rings. The summed E-state index contributed by atoms with van der Waals surface area (Å²) in [4.78, 5) is 27.9. The van der Waals surface area contributed by atoms with E-state index in [1.165, 1.54) is 0 Å². The summed E-state index contributed by atoms with van der Waals surface area (Å²) in [5.74, 6) is 0.552. The standard InChI is InChI=1S/C18H24ClN3O2/c1-12-11-21(13(2)23)9-7-15(12)20-16-8-10-22(18(16)24)17-6-4-3-5-14(17)19/h3-6,12,15-16,20H,7-11H2,1-2H3/t12-,15-,16+/m0/s1. The van der Waals surface area contributed by atoms with Gasteiger partial charge in [0, 0.05) is 32.6 Å². The number of nitrogens with zero attached hydrogens (tertiary/aromatic N) is 2. The van der Waals surface area contributed by atoms with Gasteiger partial charge in [0.05, 0.1) is 16.8 Å². The van der Waals surface area contributed by atoms with Gasteiger partial charge in [0.2, 0.25) is 11.8 Å². The molecule has 0 radical (unpaired) electrons. The topological polar surface area (TPSA) is 52.7 Å². The number of anilines is 1. The Labute approximate surface area is 147 Å². The molecule has 3 rings (SSSR count). The summed E-state index contributed by atoms with van der Waals surface area (Å²) in [7, 11) is 0. The van der Waals surface area contributed by atoms with Gasteiger partial charge in [-0.1, -0.05) is 30.7 Å². The van der Waals surface area contributed by atoms with Gasteiger partial charge >= 0.3 is 0 Å². The molecule has 24 heavy (non-hydrogen) atoms. The summed E-state index contributed by atoms with van der Waals surface area (Å²) >= 11 is 6.23. The van der Waals surface area contributed by atoms with Crippen LogP contribution in [0.25, 0.3) is 0 Å². The Bertz CT molecular complexity index is 636. The number of rotatable bonds is 3. The molecule has 2 fully saturated rings. The molecule has 3 atom stereocenters. The maximum atomic E-state index is 12.8. The lowest BCUT2D eigenvalue weighted by atomic mass is 9.93. The van der Waals surface area contributed by atoms with Crippen LogP contribution in [0.2, 0.25) is 5.02 Å². The minimum absolute atomic E-state index is 0.0873. The van der Waals surface area contributed by atoms with E-state index in [9.17, 15) is 9.59 Å². The second kappa shape index (κ2) is 7.11.